The zero-order valence-corrected chi connectivity index (χ0v) is 9.58. The number of aryl methyl sites for hydroxylation is 2. The third-order valence-electron chi connectivity index (χ3n) is 2.41. The number of nitrogens with one attached hydrogen (secondary N) is 1. The number of aliphatic hydroxyl groups excluding tert-OH is 1. The molecule has 0 spiro atoms. The SMILES string of the molecule is COCC(O)CNc1ccc(C)c(C)c1. The first-order valence-electron chi connectivity index (χ1n) is 5.11. The van der Waals surface area contributed by atoms with E-state index in [-0.39, 0.29) is 0 Å². The Balaban J connectivity index is 2.47. The molecule has 1 aromatic carbocycles. The Morgan fingerprint density at radius 2 is 2.07 bits per heavy atom. The second-order valence-electron chi connectivity index (χ2n) is 3.79. The molecule has 0 aliphatic carbocycles. The van der Waals surface area contributed by atoms with Gasteiger partial charge in [0.05, 0.1) is 12.7 Å². The van der Waals surface area contributed by atoms with Crippen molar-refractivity contribution in [3.63, 3.8) is 0 Å². The van der Waals surface area contributed by atoms with Crippen LogP contribution in [0.4, 0.5) is 5.69 Å². The van der Waals surface area contributed by atoms with Crippen molar-refractivity contribution in [2.24, 2.45) is 0 Å². The standard InChI is InChI=1S/C12H19NO2/c1-9-4-5-11(6-10(9)2)13-7-12(14)8-15-3/h4-6,12-14H,7-8H2,1-3H3. The lowest BCUT2D eigenvalue weighted by molar-refractivity contribution is 0.0727. The molecule has 0 radical (unpaired) electrons. The summed E-state index contributed by atoms with van der Waals surface area (Å²) in [7, 11) is 1.58. The van der Waals surface area contributed by atoms with Gasteiger partial charge in [0, 0.05) is 19.3 Å². The number of methoxy groups -OCH3 is 1. The quantitative estimate of drug-likeness (QED) is 0.776. The molecule has 0 amide bonds. The van der Waals surface area contributed by atoms with Crippen LogP contribution in [0.2, 0.25) is 0 Å². The van der Waals surface area contributed by atoms with Crippen molar-refractivity contribution in [2.45, 2.75) is 20.0 Å². The summed E-state index contributed by atoms with van der Waals surface area (Å²) in [5, 5.41) is 12.6. The highest BCUT2D eigenvalue weighted by atomic mass is 16.5. The van der Waals surface area contributed by atoms with Crippen LogP contribution in [-0.4, -0.2) is 31.5 Å². The number of ether oxygens (including phenoxy) is 1. The Morgan fingerprint density at radius 3 is 2.67 bits per heavy atom. The molecule has 0 fully saturated rings. The molecular formula is C12H19NO2. The van der Waals surface area contributed by atoms with Crippen molar-refractivity contribution < 1.29 is 9.84 Å². The molecule has 1 atom stereocenters. The Kier molecular flexibility index (Phi) is 4.59. The van der Waals surface area contributed by atoms with E-state index in [1.165, 1.54) is 11.1 Å². The van der Waals surface area contributed by atoms with Gasteiger partial charge in [-0.25, -0.2) is 0 Å². The lowest BCUT2D eigenvalue weighted by Gasteiger charge is -2.12. The van der Waals surface area contributed by atoms with Crippen LogP contribution in [-0.2, 0) is 4.74 Å². The summed E-state index contributed by atoms with van der Waals surface area (Å²) in [4.78, 5) is 0. The van der Waals surface area contributed by atoms with E-state index >= 15 is 0 Å². The molecule has 1 aromatic rings. The molecule has 1 unspecified atom stereocenters. The maximum atomic E-state index is 9.45. The van der Waals surface area contributed by atoms with Crippen molar-refractivity contribution in [1.82, 2.24) is 0 Å². The molecule has 3 nitrogen and oxygen atoms in total. The van der Waals surface area contributed by atoms with E-state index in [1.54, 1.807) is 7.11 Å². The molecule has 15 heavy (non-hydrogen) atoms. The molecule has 3 heteroatoms. The molecule has 0 saturated heterocycles. The van der Waals surface area contributed by atoms with Gasteiger partial charge in [0.1, 0.15) is 0 Å². The number of anilines is 1. The van der Waals surface area contributed by atoms with Crippen LogP contribution < -0.4 is 5.32 Å². The lowest BCUT2D eigenvalue weighted by atomic mass is 10.1. The van der Waals surface area contributed by atoms with Crippen LogP contribution in [0.1, 0.15) is 11.1 Å². The Bertz CT molecular complexity index is 312. The fourth-order valence-corrected chi connectivity index (χ4v) is 1.34. The van der Waals surface area contributed by atoms with Crippen molar-refractivity contribution >= 4 is 5.69 Å². The first-order valence-corrected chi connectivity index (χ1v) is 5.11. The summed E-state index contributed by atoms with van der Waals surface area (Å²) in [5.74, 6) is 0. The molecule has 2 N–H and O–H groups in total. The average Bonchev–Trinajstić information content (AvgIpc) is 2.20. The number of benzene rings is 1. The Hall–Kier alpha value is -1.06. The zero-order valence-electron chi connectivity index (χ0n) is 9.58. The molecule has 0 bridgehead atoms. The molecule has 0 heterocycles. The van der Waals surface area contributed by atoms with Crippen LogP contribution in [0, 0.1) is 13.8 Å². The summed E-state index contributed by atoms with van der Waals surface area (Å²) in [5.41, 5.74) is 3.56. The van der Waals surface area contributed by atoms with Crippen LogP contribution in [0.3, 0.4) is 0 Å². The summed E-state index contributed by atoms with van der Waals surface area (Å²) < 4.78 is 4.84. The van der Waals surface area contributed by atoms with Crippen LogP contribution in [0.15, 0.2) is 18.2 Å². The number of hydrogen-bond donors (Lipinski definition) is 2. The highest BCUT2D eigenvalue weighted by Crippen LogP contribution is 2.13. The number of hydrogen-bond acceptors (Lipinski definition) is 3. The molecule has 0 saturated carbocycles. The maximum Gasteiger partial charge on any atom is 0.0945 e. The van der Waals surface area contributed by atoms with E-state index in [1.807, 2.05) is 6.07 Å². The van der Waals surface area contributed by atoms with Crippen molar-refractivity contribution in [3.8, 4) is 0 Å². The maximum absolute atomic E-state index is 9.45. The van der Waals surface area contributed by atoms with Gasteiger partial charge in [-0.2, -0.15) is 0 Å². The van der Waals surface area contributed by atoms with E-state index in [4.69, 9.17) is 4.74 Å². The molecule has 0 aliphatic rings. The first-order chi connectivity index (χ1) is 7.13. The summed E-state index contributed by atoms with van der Waals surface area (Å²) >= 11 is 0. The average molecular weight is 209 g/mol. The van der Waals surface area contributed by atoms with Gasteiger partial charge >= 0.3 is 0 Å². The minimum Gasteiger partial charge on any atom is -0.389 e. The number of rotatable bonds is 5. The zero-order chi connectivity index (χ0) is 11.3. The second kappa shape index (κ2) is 5.73. The summed E-state index contributed by atoms with van der Waals surface area (Å²) in [6, 6.07) is 6.16. The van der Waals surface area contributed by atoms with E-state index < -0.39 is 6.10 Å². The highest BCUT2D eigenvalue weighted by molar-refractivity contribution is 5.48. The molecule has 84 valence electrons. The molecule has 0 aliphatic heterocycles. The van der Waals surface area contributed by atoms with E-state index in [9.17, 15) is 5.11 Å². The van der Waals surface area contributed by atoms with E-state index in [0.717, 1.165) is 5.69 Å². The summed E-state index contributed by atoms with van der Waals surface area (Å²) in [6.45, 7) is 5.03. The predicted molar refractivity (Wildman–Crippen MR) is 62.3 cm³/mol. The normalized spacial score (nSPS) is 12.5. The Morgan fingerprint density at radius 1 is 1.33 bits per heavy atom. The van der Waals surface area contributed by atoms with Crippen molar-refractivity contribution in [3.05, 3.63) is 29.3 Å². The lowest BCUT2D eigenvalue weighted by Crippen LogP contribution is -2.24. The van der Waals surface area contributed by atoms with Gasteiger partial charge in [0.25, 0.3) is 0 Å². The predicted octanol–water partition coefficient (Wildman–Crippen LogP) is 1.72. The largest absolute Gasteiger partial charge is 0.389 e. The third kappa shape index (κ3) is 3.90. The molecule has 0 aromatic heterocycles. The molecular weight excluding hydrogens is 190 g/mol. The highest BCUT2D eigenvalue weighted by Gasteiger charge is 2.02. The third-order valence-corrected chi connectivity index (χ3v) is 2.41. The van der Waals surface area contributed by atoms with Gasteiger partial charge in [0.15, 0.2) is 0 Å². The van der Waals surface area contributed by atoms with Gasteiger partial charge in [-0.1, -0.05) is 6.07 Å². The molecule has 1 rings (SSSR count). The van der Waals surface area contributed by atoms with E-state index in [2.05, 4.69) is 31.3 Å². The van der Waals surface area contributed by atoms with E-state index in [0.29, 0.717) is 13.2 Å². The summed E-state index contributed by atoms with van der Waals surface area (Å²) in [6.07, 6.45) is -0.461. The first kappa shape index (κ1) is 12.0. The number of aliphatic hydroxyl groups is 1. The van der Waals surface area contributed by atoms with Crippen molar-refractivity contribution in [1.29, 1.82) is 0 Å². The van der Waals surface area contributed by atoms with Gasteiger partial charge in [-0.05, 0) is 37.1 Å². The van der Waals surface area contributed by atoms with Gasteiger partial charge in [0.2, 0.25) is 0 Å². The van der Waals surface area contributed by atoms with Crippen LogP contribution >= 0.6 is 0 Å². The second-order valence-corrected chi connectivity index (χ2v) is 3.79. The minimum atomic E-state index is -0.461. The minimum absolute atomic E-state index is 0.359. The fraction of sp³-hybridized carbons (Fsp3) is 0.500. The van der Waals surface area contributed by atoms with Gasteiger partial charge in [-0.3, -0.25) is 0 Å². The topological polar surface area (TPSA) is 41.5 Å². The monoisotopic (exact) mass is 209 g/mol. The van der Waals surface area contributed by atoms with Crippen molar-refractivity contribution in [2.75, 3.05) is 25.6 Å². The van der Waals surface area contributed by atoms with Gasteiger partial charge in [-0.15, -0.1) is 0 Å². The smallest absolute Gasteiger partial charge is 0.0945 e. The van der Waals surface area contributed by atoms with Gasteiger partial charge < -0.3 is 15.2 Å². The Labute approximate surface area is 91.1 Å². The fourth-order valence-electron chi connectivity index (χ4n) is 1.34. The van der Waals surface area contributed by atoms with Crippen LogP contribution in [0.5, 0.6) is 0 Å². The van der Waals surface area contributed by atoms with Crippen LogP contribution in [0.25, 0.3) is 0 Å².